The standard InChI is InChI=1S/C26H39ClN4O4/c1-25(2,3)35-24(34)31-15-12-26(13-16-31)10-7-19(8-11-26)29-20-5-6-21(27)22(17-20)30(4)14-9-23(33)28-18-32/h5-6,17-19,29H,7-16H2,1-4H3,(H,28,32,33). The van der Waals surface area contributed by atoms with E-state index in [0.29, 0.717) is 29.4 Å². The number of anilines is 2. The molecule has 1 saturated carbocycles. The molecule has 1 heterocycles. The number of halogens is 1. The maximum atomic E-state index is 12.4. The monoisotopic (exact) mass is 506 g/mol. The second kappa shape index (κ2) is 11.5. The lowest BCUT2D eigenvalue weighted by Crippen LogP contribution is -2.47. The van der Waals surface area contributed by atoms with Crippen molar-refractivity contribution < 1.29 is 19.1 Å². The average molecular weight is 507 g/mol. The van der Waals surface area contributed by atoms with Gasteiger partial charge < -0.3 is 19.9 Å². The third kappa shape index (κ3) is 7.75. The van der Waals surface area contributed by atoms with Crippen LogP contribution in [-0.4, -0.2) is 61.6 Å². The Labute approximate surface area is 213 Å². The van der Waals surface area contributed by atoms with Gasteiger partial charge >= 0.3 is 6.09 Å². The Hall–Kier alpha value is -2.48. The van der Waals surface area contributed by atoms with Crippen molar-refractivity contribution in [3.63, 3.8) is 0 Å². The lowest BCUT2D eigenvalue weighted by Gasteiger charge is -2.46. The third-order valence-corrected chi connectivity index (χ3v) is 7.46. The van der Waals surface area contributed by atoms with Crippen LogP contribution in [0.5, 0.6) is 0 Å². The van der Waals surface area contributed by atoms with E-state index in [4.69, 9.17) is 16.3 Å². The van der Waals surface area contributed by atoms with Crippen LogP contribution in [0, 0.1) is 5.41 Å². The van der Waals surface area contributed by atoms with Crippen LogP contribution in [0.4, 0.5) is 16.2 Å². The lowest BCUT2D eigenvalue weighted by atomic mass is 9.67. The van der Waals surface area contributed by atoms with Gasteiger partial charge in [-0.25, -0.2) is 4.79 Å². The van der Waals surface area contributed by atoms with Gasteiger partial charge in [0.2, 0.25) is 12.3 Å². The van der Waals surface area contributed by atoms with Gasteiger partial charge in [0.1, 0.15) is 5.60 Å². The van der Waals surface area contributed by atoms with Gasteiger partial charge in [0.15, 0.2) is 0 Å². The van der Waals surface area contributed by atoms with Gasteiger partial charge in [-0.1, -0.05) is 11.6 Å². The van der Waals surface area contributed by atoms with Crippen molar-refractivity contribution >= 4 is 41.4 Å². The molecule has 1 aliphatic heterocycles. The van der Waals surface area contributed by atoms with E-state index in [2.05, 4.69) is 10.6 Å². The number of carbonyl (C=O) groups excluding carboxylic acids is 3. The molecule has 1 aliphatic carbocycles. The van der Waals surface area contributed by atoms with Crippen LogP contribution in [0.25, 0.3) is 0 Å². The quantitative estimate of drug-likeness (QED) is 0.516. The minimum Gasteiger partial charge on any atom is -0.444 e. The van der Waals surface area contributed by atoms with Crippen LogP contribution in [0.3, 0.4) is 0 Å². The SMILES string of the molecule is CN(CCC(=O)NC=O)c1cc(NC2CCC3(CC2)CCN(C(=O)OC(C)(C)C)CC3)ccc1Cl. The van der Waals surface area contributed by atoms with E-state index >= 15 is 0 Å². The fourth-order valence-corrected chi connectivity index (χ4v) is 5.28. The number of ether oxygens (including phenoxy) is 1. The molecule has 194 valence electrons. The molecule has 2 N–H and O–H groups in total. The number of nitrogens with one attached hydrogen (secondary N) is 2. The molecule has 1 aromatic carbocycles. The largest absolute Gasteiger partial charge is 0.444 e. The minimum absolute atomic E-state index is 0.199. The summed E-state index contributed by atoms with van der Waals surface area (Å²) in [4.78, 5) is 38.2. The molecule has 0 aromatic heterocycles. The zero-order valence-electron chi connectivity index (χ0n) is 21.4. The molecule has 3 amide bonds. The van der Waals surface area contributed by atoms with Gasteiger partial charge in [0, 0.05) is 44.8 Å². The summed E-state index contributed by atoms with van der Waals surface area (Å²) in [5.41, 5.74) is 1.72. The minimum atomic E-state index is -0.461. The number of piperidine rings is 1. The van der Waals surface area contributed by atoms with Gasteiger partial charge in [-0.2, -0.15) is 0 Å². The number of carbonyl (C=O) groups is 3. The molecule has 2 fully saturated rings. The molecule has 0 unspecified atom stereocenters. The first-order valence-corrected chi connectivity index (χ1v) is 12.9. The van der Waals surface area contributed by atoms with E-state index in [-0.39, 0.29) is 18.4 Å². The summed E-state index contributed by atoms with van der Waals surface area (Å²) in [6.45, 7) is 7.70. The van der Waals surface area contributed by atoms with Gasteiger partial charge in [0.25, 0.3) is 0 Å². The van der Waals surface area contributed by atoms with E-state index in [9.17, 15) is 14.4 Å². The Morgan fingerprint density at radius 2 is 1.86 bits per heavy atom. The number of benzene rings is 1. The predicted octanol–water partition coefficient (Wildman–Crippen LogP) is 4.81. The molecule has 1 saturated heterocycles. The van der Waals surface area contributed by atoms with E-state index < -0.39 is 5.60 Å². The van der Waals surface area contributed by atoms with Crippen molar-refractivity contribution in [1.82, 2.24) is 10.2 Å². The summed E-state index contributed by atoms with van der Waals surface area (Å²) in [7, 11) is 1.88. The highest BCUT2D eigenvalue weighted by molar-refractivity contribution is 6.33. The van der Waals surface area contributed by atoms with Crippen molar-refractivity contribution in [2.75, 3.05) is 36.9 Å². The molecule has 1 aromatic rings. The van der Waals surface area contributed by atoms with Crippen molar-refractivity contribution in [2.45, 2.75) is 77.4 Å². The molecule has 0 radical (unpaired) electrons. The van der Waals surface area contributed by atoms with Gasteiger partial charge in [0.05, 0.1) is 10.7 Å². The van der Waals surface area contributed by atoms with Crippen molar-refractivity contribution in [3.05, 3.63) is 23.2 Å². The van der Waals surface area contributed by atoms with Crippen LogP contribution >= 0.6 is 11.6 Å². The number of imide groups is 1. The molecule has 35 heavy (non-hydrogen) atoms. The molecule has 0 bridgehead atoms. The number of likely N-dealkylation sites (tertiary alicyclic amines) is 1. The van der Waals surface area contributed by atoms with E-state index in [1.165, 1.54) is 0 Å². The van der Waals surface area contributed by atoms with Crippen LogP contribution in [0.1, 0.15) is 65.7 Å². The van der Waals surface area contributed by atoms with Gasteiger partial charge in [-0.15, -0.1) is 0 Å². The highest BCUT2D eigenvalue weighted by atomic mass is 35.5. The van der Waals surface area contributed by atoms with E-state index in [1.807, 2.05) is 55.8 Å². The Kier molecular flexibility index (Phi) is 8.91. The molecule has 1 spiro atoms. The Bertz CT molecular complexity index is 899. The van der Waals surface area contributed by atoms with Gasteiger partial charge in [-0.05, 0) is 82.9 Å². The highest BCUT2D eigenvalue weighted by Gasteiger charge is 2.39. The van der Waals surface area contributed by atoms with Crippen LogP contribution in [-0.2, 0) is 14.3 Å². The molecule has 2 aliphatic rings. The van der Waals surface area contributed by atoms with Crippen LogP contribution in [0.2, 0.25) is 5.02 Å². The lowest BCUT2D eigenvalue weighted by molar-refractivity contribution is -0.125. The molecule has 8 nitrogen and oxygen atoms in total. The topological polar surface area (TPSA) is 91.0 Å². The fraction of sp³-hybridized carbons (Fsp3) is 0.654. The Balaban J connectivity index is 1.49. The highest BCUT2D eigenvalue weighted by Crippen LogP contribution is 2.45. The molecule has 9 heteroatoms. The summed E-state index contributed by atoms with van der Waals surface area (Å²) >= 11 is 6.41. The molecule has 3 rings (SSSR count). The molecule has 0 atom stereocenters. The number of nitrogens with zero attached hydrogens (tertiary/aromatic N) is 2. The zero-order valence-corrected chi connectivity index (χ0v) is 22.1. The Morgan fingerprint density at radius 3 is 2.46 bits per heavy atom. The predicted molar refractivity (Wildman–Crippen MR) is 139 cm³/mol. The number of hydrogen-bond acceptors (Lipinski definition) is 6. The first-order chi connectivity index (χ1) is 16.5. The first-order valence-electron chi connectivity index (χ1n) is 12.5. The van der Waals surface area contributed by atoms with Crippen molar-refractivity contribution in [2.24, 2.45) is 5.41 Å². The maximum absolute atomic E-state index is 12.4. The van der Waals surface area contributed by atoms with Gasteiger partial charge in [-0.3, -0.25) is 14.9 Å². The fourth-order valence-electron chi connectivity index (χ4n) is 5.02. The zero-order chi connectivity index (χ0) is 25.6. The summed E-state index contributed by atoms with van der Waals surface area (Å²) in [6, 6.07) is 6.27. The molecular weight excluding hydrogens is 468 g/mol. The van der Waals surface area contributed by atoms with Crippen molar-refractivity contribution in [1.29, 1.82) is 0 Å². The summed E-state index contributed by atoms with van der Waals surface area (Å²) in [5, 5.41) is 6.44. The average Bonchev–Trinajstić information content (AvgIpc) is 2.80. The summed E-state index contributed by atoms with van der Waals surface area (Å²) < 4.78 is 5.54. The van der Waals surface area contributed by atoms with E-state index in [1.54, 1.807) is 0 Å². The third-order valence-electron chi connectivity index (χ3n) is 7.14. The number of amides is 3. The second-order valence-electron chi connectivity index (χ2n) is 10.9. The van der Waals surface area contributed by atoms with Crippen molar-refractivity contribution in [3.8, 4) is 0 Å². The normalized spacial score (nSPS) is 18.1. The second-order valence-corrected chi connectivity index (χ2v) is 11.3. The number of rotatable bonds is 7. The summed E-state index contributed by atoms with van der Waals surface area (Å²) in [5.74, 6) is -0.315. The molecular formula is C26H39ClN4O4. The Morgan fingerprint density at radius 1 is 1.20 bits per heavy atom. The summed E-state index contributed by atoms with van der Waals surface area (Å²) in [6.07, 6.45) is 6.96. The smallest absolute Gasteiger partial charge is 0.410 e. The maximum Gasteiger partial charge on any atom is 0.410 e. The van der Waals surface area contributed by atoms with Crippen LogP contribution < -0.4 is 15.5 Å². The number of hydrogen-bond donors (Lipinski definition) is 2. The van der Waals surface area contributed by atoms with E-state index in [0.717, 1.165) is 63.0 Å². The van der Waals surface area contributed by atoms with Crippen LogP contribution in [0.15, 0.2) is 18.2 Å². The first kappa shape index (κ1) is 27.1.